The smallest absolute Gasteiger partial charge is 0.337 e. The molecule has 0 saturated carbocycles. The maximum Gasteiger partial charge on any atom is 0.337 e. The van der Waals surface area contributed by atoms with E-state index in [1.807, 2.05) is 39.1 Å². The van der Waals surface area contributed by atoms with Crippen LogP contribution in [0.4, 0.5) is 0 Å². The number of nitrogens with one attached hydrogen (secondary N) is 1. The lowest BCUT2D eigenvalue weighted by Gasteiger charge is -2.11. The highest BCUT2D eigenvalue weighted by molar-refractivity contribution is 5.94. The van der Waals surface area contributed by atoms with Gasteiger partial charge in [0.25, 0.3) is 5.56 Å². The van der Waals surface area contributed by atoms with E-state index in [2.05, 4.69) is 11.1 Å². The standard InChI is InChI=1S/C26H28N6O4/c1-14(2)11-31-23-21(24(33)30(5)26(31)36)22(20-9-16(25(34)35)12-29(20)4)32(28-23)13-17-10-27-19-7-6-15(3)8-18(17)19/h6-10,12,14,27H,11,13H2,1-5H3,(H,34,35). The third-order valence-corrected chi connectivity index (χ3v) is 6.51. The van der Waals surface area contributed by atoms with Crippen molar-refractivity contribution in [2.45, 2.75) is 33.9 Å². The highest BCUT2D eigenvalue weighted by Crippen LogP contribution is 2.30. The van der Waals surface area contributed by atoms with Crippen LogP contribution in [-0.4, -0.2) is 39.5 Å². The van der Waals surface area contributed by atoms with E-state index in [0.717, 1.165) is 26.6 Å². The van der Waals surface area contributed by atoms with Gasteiger partial charge in [0.05, 0.1) is 17.8 Å². The Hall–Kier alpha value is -4.34. The van der Waals surface area contributed by atoms with Crippen molar-refractivity contribution < 1.29 is 9.90 Å². The summed E-state index contributed by atoms with van der Waals surface area (Å²) in [6.45, 7) is 6.72. The Labute approximate surface area is 206 Å². The molecule has 0 amide bonds. The fraction of sp³-hybridized carbons (Fsp3) is 0.308. The average molecular weight is 489 g/mol. The van der Waals surface area contributed by atoms with Crippen LogP contribution in [-0.2, 0) is 27.2 Å². The number of hydrogen-bond acceptors (Lipinski definition) is 4. The SMILES string of the molecule is Cc1ccc2[nH]cc(Cn3nc4c(c3-c3cc(C(=O)O)cn3C)c(=O)n(C)c(=O)n4CC(C)C)c2c1. The van der Waals surface area contributed by atoms with Crippen molar-refractivity contribution in [1.29, 1.82) is 0 Å². The van der Waals surface area contributed by atoms with Crippen LogP contribution in [0.2, 0.25) is 0 Å². The summed E-state index contributed by atoms with van der Waals surface area (Å²) in [5.74, 6) is -0.925. The van der Waals surface area contributed by atoms with Gasteiger partial charge in [-0.3, -0.25) is 18.6 Å². The minimum Gasteiger partial charge on any atom is -0.478 e. The Morgan fingerprint density at radius 2 is 1.92 bits per heavy atom. The van der Waals surface area contributed by atoms with E-state index in [4.69, 9.17) is 5.10 Å². The van der Waals surface area contributed by atoms with Crippen LogP contribution < -0.4 is 11.2 Å². The van der Waals surface area contributed by atoms with Crippen molar-refractivity contribution in [3.8, 4) is 11.4 Å². The first kappa shape index (κ1) is 23.4. The summed E-state index contributed by atoms with van der Waals surface area (Å²) >= 11 is 0. The van der Waals surface area contributed by atoms with Crippen LogP contribution in [0.25, 0.3) is 33.3 Å². The summed E-state index contributed by atoms with van der Waals surface area (Å²) < 4.78 is 6.00. The number of carboxylic acids is 1. The van der Waals surface area contributed by atoms with Gasteiger partial charge in [-0.15, -0.1) is 0 Å². The lowest BCUT2D eigenvalue weighted by molar-refractivity contribution is 0.0697. The third-order valence-electron chi connectivity index (χ3n) is 6.51. The van der Waals surface area contributed by atoms with Gasteiger partial charge in [0.15, 0.2) is 5.65 Å². The number of aromatic amines is 1. The van der Waals surface area contributed by atoms with Crippen LogP contribution in [0.3, 0.4) is 0 Å². The number of carbonyl (C=O) groups is 1. The van der Waals surface area contributed by atoms with E-state index in [9.17, 15) is 19.5 Å². The molecule has 10 heteroatoms. The first-order valence-corrected chi connectivity index (χ1v) is 11.7. The number of fused-ring (bicyclic) bond motifs is 2. The molecule has 4 aromatic heterocycles. The van der Waals surface area contributed by atoms with Gasteiger partial charge >= 0.3 is 11.7 Å². The molecule has 36 heavy (non-hydrogen) atoms. The van der Waals surface area contributed by atoms with Gasteiger partial charge in [-0.05, 0) is 36.6 Å². The Bertz CT molecular complexity index is 1780. The third kappa shape index (κ3) is 3.65. The summed E-state index contributed by atoms with van der Waals surface area (Å²) in [6, 6.07) is 7.66. The molecule has 0 radical (unpaired) electrons. The summed E-state index contributed by atoms with van der Waals surface area (Å²) in [5.41, 5.74) is 3.55. The molecule has 0 aliphatic heterocycles. The maximum absolute atomic E-state index is 13.5. The Morgan fingerprint density at radius 3 is 2.58 bits per heavy atom. The number of hydrogen-bond donors (Lipinski definition) is 2. The van der Waals surface area contributed by atoms with Gasteiger partial charge in [0, 0.05) is 43.9 Å². The number of H-pyrrole nitrogens is 1. The number of aryl methyl sites for hydroxylation is 2. The van der Waals surface area contributed by atoms with Crippen LogP contribution in [0.1, 0.15) is 35.3 Å². The fourth-order valence-corrected chi connectivity index (χ4v) is 4.77. The number of rotatable bonds is 6. The summed E-state index contributed by atoms with van der Waals surface area (Å²) in [6.07, 6.45) is 3.41. The first-order chi connectivity index (χ1) is 17.1. The summed E-state index contributed by atoms with van der Waals surface area (Å²) in [4.78, 5) is 41.5. The zero-order valence-corrected chi connectivity index (χ0v) is 20.9. The minimum absolute atomic E-state index is 0.100. The van der Waals surface area contributed by atoms with Crippen LogP contribution in [0.15, 0.2) is 46.2 Å². The van der Waals surface area contributed by atoms with E-state index in [0.29, 0.717) is 30.1 Å². The maximum atomic E-state index is 13.5. The normalized spacial score (nSPS) is 11.8. The van der Waals surface area contributed by atoms with E-state index in [1.54, 1.807) is 16.3 Å². The quantitative estimate of drug-likeness (QED) is 0.381. The lowest BCUT2D eigenvalue weighted by Crippen LogP contribution is -2.38. The molecule has 0 atom stereocenters. The van der Waals surface area contributed by atoms with E-state index >= 15 is 0 Å². The second-order valence-corrected chi connectivity index (χ2v) is 9.75. The molecule has 1 aromatic carbocycles. The lowest BCUT2D eigenvalue weighted by atomic mass is 10.1. The van der Waals surface area contributed by atoms with Crippen molar-refractivity contribution in [3.63, 3.8) is 0 Å². The Morgan fingerprint density at radius 1 is 1.17 bits per heavy atom. The zero-order valence-electron chi connectivity index (χ0n) is 20.9. The van der Waals surface area contributed by atoms with E-state index < -0.39 is 17.2 Å². The topological polar surface area (TPSA) is 120 Å². The Kier molecular flexibility index (Phi) is 5.46. The molecule has 0 unspecified atom stereocenters. The molecule has 0 aliphatic rings. The minimum atomic E-state index is -1.07. The molecule has 5 rings (SSSR count). The number of carboxylic acid groups (broad SMARTS) is 1. The van der Waals surface area contributed by atoms with E-state index in [1.165, 1.54) is 23.9 Å². The molecule has 0 saturated heterocycles. The number of aromatic nitrogens is 6. The zero-order chi connectivity index (χ0) is 25.9. The molecule has 4 heterocycles. The largest absolute Gasteiger partial charge is 0.478 e. The van der Waals surface area contributed by atoms with Crippen molar-refractivity contribution >= 4 is 27.9 Å². The molecule has 186 valence electrons. The monoisotopic (exact) mass is 488 g/mol. The van der Waals surface area contributed by atoms with Gasteiger partial charge < -0.3 is 14.7 Å². The van der Waals surface area contributed by atoms with Crippen molar-refractivity contribution in [2.24, 2.45) is 20.0 Å². The highest BCUT2D eigenvalue weighted by atomic mass is 16.4. The van der Waals surface area contributed by atoms with Gasteiger partial charge in [-0.2, -0.15) is 5.10 Å². The summed E-state index contributed by atoms with van der Waals surface area (Å²) in [7, 11) is 3.19. The average Bonchev–Trinajstić information content (AvgIpc) is 3.50. The van der Waals surface area contributed by atoms with Gasteiger partial charge in [0.1, 0.15) is 11.1 Å². The molecular formula is C26H28N6O4. The Balaban J connectivity index is 1.85. The number of aromatic carboxylic acids is 1. The van der Waals surface area contributed by atoms with Crippen LogP contribution in [0, 0.1) is 12.8 Å². The van der Waals surface area contributed by atoms with Gasteiger partial charge in [-0.1, -0.05) is 25.5 Å². The second-order valence-electron chi connectivity index (χ2n) is 9.75. The van der Waals surface area contributed by atoms with Gasteiger partial charge in [-0.25, -0.2) is 9.59 Å². The van der Waals surface area contributed by atoms with Crippen LogP contribution >= 0.6 is 0 Å². The van der Waals surface area contributed by atoms with E-state index in [-0.39, 0.29) is 16.9 Å². The van der Waals surface area contributed by atoms with Crippen LogP contribution in [0.5, 0.6) is 0 Å². The molecule has 0 spiro atoms. The molecular weight excluding hydrogens is 460 g/mol. The predicted octanol–water partition coefficient (Wildman–Crippen LogP) is 3.09. The molecule has 0 fully saturated rings. The second kappa shape index (κ2) is 8.40. The van der Waals surface area contributed by atoms with Crippen molar-refractivity contribution in [1.82, 2.24) is 28.5 Å². The highest BCUT2D eigenvalue weighted by Gasteiger charge is 2.25. The van der Waals surface area contributed by atoms with Crippen molar-refractivity contribution in [3.05, 3.63) is 74.2 Å². The summed E-state index contributed by atoms with van der Waals surface area (Å²) in [5, 5.41) is 15.7. The number of nitrogens with zero attached hydrogens (tertiary/aromatic N) is 5. The van der Waals surface area contributed by atoms with Gasteiger partial charge in [0.2, 0.25) is 0 Å². The fourth-order valence-electron chi connectivity index (χ4n) is 4.77. The number of benzene rings is 1. The predicted molar refractivity (Wildman–Crippen MR) is 138 cm³/mol. The molecule has 0 aliphatic carbocycles. The molecule has 10 nitrogen and oxygen atoms in total. The molecule has 0 bridgehead atoms. The molecule has 5 aromatic rings. The molecule has 2 N–H and O–H groups in total. The van der Waals surface area contributed by atoms with Crippen molar-refractivity contribution in [2.75, 3.05) is 0 Å². The first-order valence-electron chi connectivity index (χ1n) is 11.7.